The quantitative estimate of drug-likeness (QED) is 0.410. The van der Waals surface area contributed by atoms with Crippen molar-refractivity contribution in [1.82, 2.24) is 0 Å². The predicted octanol–water partition coefficient (Wildman–Crippen LogP) is 9.10. The van der Waals surface area contributed by atoms with Crippen LogP contribution in [0.5, 0.6) is 0 Å². The molecule has 0 heterocycles. The molecule has 2 aliphatic rings. The number of allylic oxidation sites excluding steroid dienone is 8. The van der Waals surface area contributed by atoms with Crippen molar-refractivity contribution in [3.63, 3.8) is 0 Å². The van der Waals surface area contributed by atoms with Crippen LogP contribution in [0.25, 0.3) is 0 Å². The minimum absolute atomic E-state index is 0.191. The average molecular weight is 405 g/mol. The molecule has 0 radical (unpaired) electrons. The molecule has 27 heavy (non-hydrogen) atoms. The second-order valence-electron chi connectivity index (χ2n) is 10.9. The summed E-state index contributed by atoms with van der Waals surface area (Å²) < 4.78 is 5.20. The van der Waals surface area contributed by atoms with Crippen molar-refractivity contribution >= 4 is 0 Å². The van der Waals surface area contributed by atoms with E-state index in [0.29, 0.717) is 0 Å². The van der Waals surface area contributed by atoms with Gasteiger partial charge in [-0.1, -0.05) is 0 Å². The molecule has 0 saturated heterocycles. The van der Waals surface area contributed by atoms with Crippen LogP contribution in [0.4, 0.5) is 0 Å². The summed E-state index contributed by atoms with van der Waals surface area (Å²) in [6.07, 6.45) is 0. The van der Waals surface area contributed by atoms with Gasteiger partial charge >= 0.3 is 174 Å². The molecular formula is C26H44Ti. The SMILES string of the molecule is CC1=C(C)C(C)(C)[C]([Ti]([C]2=C(C)C(C)=C(C)C2(C)C)([CH](C)C)[CH](C)C)=C1C. The first kappa shape index (κ1) is 23.0. The molecule has 0 aliphatic heterocycles. The van der Waals surface area contributed by atoms with Gasteiger partial charge in [0.15, 0.2) is 0 Å². The van der Waals surface area contributed by atoms with Crippen molar-refractivity contribution < 1.29 is 16.6 Å². The zero-order chi connectivity index (χ0) is 21.3. The monoisotopic (exact) mass is 404 g/mol. The molecule has 0 unspecified atom stereocenters. The molecule has 0 fully saturated rings. The van der Waals surface area contributed by atoms with Gasteiger partial charge in [-0.15, -0.1) is 0 Å². The fraction of sp³-hybridized carbons (Fsp3) is 0.692. The van der Waals surface area contributed by atoms with E-state index in [2.05, 4.69) is 96.9 Å². The third kappa shape index (κ3) is 2.80. The molecule has 0 aromatic rings. The Morgan fingerprint density at radius 3 is 0.926 bits per heavy atom. The number of rotatable bonds is 4. The Morgan fingerprint density at radius 1 is 0.519 bits per heavy atom. The predicted molar refractivity (Wildman–Crippen MR) is 120 cm³/mol. The molecule has 2 aliphatic carbocycles. The van der Waals surface area contributed by atoms with Crippen LogP contribution in [0.1, 0.15) is 96.9 Å². The summed E-state index contributed by atoms with van der Waals surface area (Å²) in [6, 6.07) is 0. The van der Waals surface area contributed by atoms with E-state index in [-0.39, 0.29) is 10.8 Å². The maximum absolute atomic E-state index is 2.69. The summed E-state index contributed by atoms with van der Waals surface area (Å²) in [7, 11) is 0. The van der Waals surface area contributed by atoms with E-state index in [4.69, 9.17) is 0 Å². The van der Waals surface area contributed by atoms with Crippen LogP contribution in [0, 0.1) is 10.8 Å². The van der Waals surface area contributed by atoms with E-state index in [9.17, 15) is 0 Å². The Labute approximate surface area is 173 Å². The molecule has 2 rings (SSSR count). The van der Waals surface area contributed by atoms with Crippen LogP contribution in [0.2, 0.25) is 8.45 Å². The molecule has 152 valence electrons. The van der Waals surface area contributed by atoms with Crippen molar-refractivity contribution in [3.8, 4) is 0 Å². The van der Waals surface area contributed by atoms with Gasteiger partial charge in [-0.05, 0) is 0 Å². The summed E-state index contributed by atoms with van der Waals surface area (Å²) in [6.45, 7) is 34.5. The van der Waals surface area contributed by atoms with Crippen LogP contribution < -0.4 is 0 Å². The first-order valence-electron chi connectivity index (χ1n) is 10.9. The summed E-state index contributed by atoms with van der Waals surface area (Å²) in [4.78, 5) is 0. The van der Waals surface area contributed by atoms with E-state index in [0.717, 1.165) is 8.45 Å². The second kappa shape index (κ2) is 6.88. The Kier molecular flexibility index (Phi) is 5.85. The molecule has 0 bridgehead atoms. The third-order valence-electron chi connectivity index (χ3n) is 8.77. The van der Waals surface area contributed by atoms with Crippen molar-refractivity contribution in [3.05, 3.63) is 41.2 Å². The van der Waals surface area contributed by atoms with E-state index in [1.54, 1.807) is 33.4 Å². The van der Waals surface area contributed by atoms with Gasteiger partial charge in [0.25, 0.3) is 0 Å². The van der Waals surface area contributed by atoms with Crippen LogP contribution in [-0.2, 0) is 16.6 Å². The van der Waals surface area contributed by atoms with Gasteiger partial charge in [-0.2, -0.15) is 0 Å². The van der Waals surface area contributed by atoms with Crippen molar-refractivity contribution in [1.29, 1.82) is 0 Å². The van der Waals surface area contributed by atoms with Crippen LogP contribution in [0.3, 0.4) is 0 Å². The van der Waals surface area contributed by atoms with Gasteiger partial charge in [0.2, 0.25) is 0 Å². The van der Waals surface area contributed by atoms with Gasteiger partial charge in [-0.25, -0.2) is 0 Å². The molecule has 0 aromatic heterocycles. The Morgan fingerprint density at radius 2 is 0.778 bits per heavy atom. The molecule has 0 atom stereocenters. The van der Waals surface area contributed by atoms with Gasteiger partial charge in [0, 0.05) is 0 Å². The number of hydrogen-bond acceptors (Lipinski definition) is 0. The molecule has 0 saturated carbocycles. The molecule has 0 amide bonds. The first-order valence-corrected chi connectivity index (χ1v) is 14.3. The van der Waals surface area contributed by atoms with E-state index < -0.39 is 16.6 Å². The van der Waals surface area contributed by atoms with E-state index >= 15 is 0 Å². The van der Waals surface area contributed by atoms with E-state index in [1.807, 2.05) is 7.76 Å². The second-order valence-corrected chi connectivity index (χ2v) is 18.8. The summed E-state index contributed by atoms with van der Waals surface area (Å²) in [5.74, 6) is 0. The van der Waals surface area contributed by atoms with E-state index in [1.165, 1.54) is 0 Å². The Balaban J connectivity index is 3.01. The zero-order valence-corrected chi connectivity index (χ0v) is 22.2. The molecule has 0 spiro atoms. The molecule has 0 N–H and O–H groups in total. The fourth-order valence-corrected chi connectivity index (χ4v) is 19.2. The first-order chi connectivity index (χ1) is 12.1. The van der Waals surface area contributed by atoms with Crippen LogP contribution in [-0.4, -0.2) is 0 Å². The Bertz CT molecular complexity index is 720. The van der Waals surface area contributed by atoms with Gasteiger partial charge < -0.3 is 0 Å². The van der Waals surface area contributed by atoms with Crippen molar-refractivity contribution in [2.75, 3.05) is 0 Å². The summed E-state index contributed by atoms with van der Waals surface area (Å²) in [5, 5.41) is 0. The maximum atomic E-state index is 2.54. The minimum atomic E-state index is -2.69. The normalized spacial score (nSPS) is 23.1. The summed E-state index contributed by atoms with van der Waals surface area (Å²) in [5.41, 5.74) is 9.94. The molecular weight excluding hydrogens is 360 g/mol. The molecule has 0 aromatic carbocycles. The van der Waals surface area contributed by atoms with Crippen LogP contribution in [0.15, 0.2) is 41.2 Å². The van der Waals surface area contributed by atoms with Crippen molar-refractivity contribution in [2.45, 2.75) is 105 Å². The fourth-order valence-electron chi connectivity index (χ4n) is 6.79. The van der Waals surface area contributed by atoms with Gasteiger partial charge in [-0.3, -0.25) is 0 Å². The summed E-state index contributed by atoms with van der Waals surface area (Å²) >= 11 is -2.69. The third-order valence-corrected chi connectivity index (χ3v) is 20.2. The standard InChI is InChI=1S/2C10H15.2C3H7.Ti/c2*1-7-6-10(4,5)9(3)8(7)2;2*1-3-2;/h2*1-5H3;2*3H,1-2H3;. The average Bonchev–Trinajstić information content (AvgIpc) is 2.79. The Hall–Kier alpha value is -0.326. The topological polar surface area (TPSA) is 0 Å². The molecule has 1 heteroatoms. The van der Waals surface area contributed by atoms with Gasteiger partial charge in [0.1, 0.15) is 0 Å². The molecule has 0 nitrogen and oxygen atoms in total. The van der Waals surface area contributed by atoms with Crippen molar-refractivity contribution in [2.24, 2.45) is 10.8 Å². The number of hydrogen-bond donors (Lipinski definition) is 0. The van der Waals surface area contributed by atoms with Crippen LogP contribution >= 0.6 is 0 Å². The van der Waals surface area contributed by atoms with Gasteiger partial charge in [0.05, 0.1) is 0 Å². The zero-order valence-electron chi connectivity index (χ0n) is 20.7.